The van der Waals surface area contributed by atoms with Crippen molar-refractivity contribution in [2.24, 2.45) is 0 Å². The van der Waals surface area contributed by atoms with Gasteiger partial charge in [-0.2, -0.15) is 0 Å². The lowest BCUT2D eigenvalue weighted by atomic mass is 10.1. The molecule has 0 aromatic heterocycles. The zero-order valence-corrected chi connectivity index (χ0v) is 13.2. The molecule has 3 nitrogen and oxygen atoms in total. The molecule has 0 radical (unpaired) electrons. The van der Waals surface area contributed by atoms with Gasteiger partial charge in [0, 0.05) is 23.5 Å². The third-order valence-corrected chi connectivity index (χ3v) is 2.97. The molecular formula is C15H18BrFN2O. The minimum absolute atomic E-state index is 0.0302. The van der Waals surface area contributed by atoms with Crippen LogP contribution in [0.5, 0.6) is 0 Å². The van der Waals surface area contributed by atoms with Gasteiger partial charge in [0.25, 0.3) is 5.91 Å². The average Bonchev–Trinajstić information content (AvgIpc) is 2.32. The number of halogens is 2. The Kier molecular flexibility index (Phi) is 6.53. The molecule has 0 fully saturated rings. The highest BCUT2D eigenvalue weighted by molar-refractivity contribution is 9.10. The smallest absolute Gasteiger partial charge is 0.256 e. The maximum Gasteiger partial charge on any atom is 0.256 e. The molecule has 2 N–H and O–H groups in total. The SMILES string of the molecule is C#CCCCNC(=O)c1c(F)cc(Br)cc1NC(C)C. The Morgan fingerprint density at radius 1 is 1.50 bits per heavy atom. The fourth-order valence-corrected chi connectivity index (χ4v) is 2.14. The number of nitrogens with one attached hydrogen (secondary N) is 2. The lowest BCUT2D eigenvalue weighted by Crippen LogP contribution is -2.27. The number of amides is 1. The minimum atomic E-state index is -0.558. The molecule has 20 heavy (non-hydrogen) atoms. The lowest BCUT2D eigenvalue weighted by Gasteiger charge is -2.16. The van der Waals surface area contributed by atoms with E-state index in [4.69, 9.17) is 6.42 Å². The first kappa shape index (κ1) is 16.5. The van der Waals surface area contributed by atoms with Crippen molar-refractivity contribution in [1.29, 1.82) is 0 Å². The number of anilines is 1. The second-order valence-electron chi connectivity index (χ2n) is 4.67. The van der Waals surface area contributed by atoms with E-state index < -0.39 is 11.7 Å². The van der Waals surface area contributed by atoms with E-state index in [2.05, 4.69) is 32.5 Å². The average molecular weight is 341 g/mol. The van der Waals surface area contributed by atoms with Crippen LogP contribution in [0.1, 0.15) is 37.0 Å². The van der Waals surface area contributed by atoms with E-state index in [1.54, 1.807) is 6.07 Å². The van der Waals surface area contributed by atoms with Crippen molar-refractivity contribution in [1.82, 2.24) is 5.32 Å². The van der Waals surface area contributed by atoms with Gasteiger partial charge in [-0.1, -0.05) is 15.9 Å². The standard InChI is InChI=1S/C15H18BrFN2O/c1-4-5-6-7-18-15(20)14-12(17)8-11(16)9-13(14)19-10(2)3/h1,8-10,19H,5-7H2,2-3H3,(H,18,20). The molecule has 0 aliphatic rings. The molecule has 1 amide bonds. The summed E-state index contributed by atoms with van der Waals surface area (Å²) in [6.45, 7) is 4.28. The highest BCUT2D eigenvalue weighted by atomic mass is 79.9. The van der Waals surface area contributed by atoms with Crippen molar-refractivity contribution in [2.75, 3.05) is 11.9 Å². The summed E-state index contributed by atoms with van der Waals surface area (Å²) in [5.74, 6) is 1.50. The number of hydrogen-bond acceptors (Lipinski definition) is 2. The molecule has 0 bridgehead atoms. The number of hydrogen-bond donors (Lipinski definition) is 2. The molecule has 5 heteroatoms. The summed E-state index contributed by atoms with van der Waals surface area (Å²) in [5.41, 5.74) is 0.504. The van der Waals surface area contributed by atoms with E-state index in [9.17, 15) is 9.18 Å². The van der Waals surface area contributed by atoms with Crippen LogP contribution in [0.25, 0.3) is 0 Å². The van der Waals surface area contributed by atoms with Gasteiger partial charge >= 0.3 is 0 Å². The van der Waals surface area contributed by atoms with Crippen LogP contribution in [0, 0.1) is 18.2 Å². The van der Waals surface area contributed by atoms with Crippen molar-refractivity contribution in [3.05, 3.63) is 28.0 Å². The maximum absolute atomic E-state index is 14.0. The molecule has 1 rings (SSSR count). The van der Waals surface area contributed by atoms with E-state index in [0.29, 0.717) is 29.5 Å². The van der Waals surface area contributed by atoms with Crippen LogP contribution in [0.15, 0.2) is 16.6 Å². The number of rotatable bonds is 6. The van der Waals surface area contributed by atoms with Gasteiger partial charge in [0.05, 0.1) is 11.3 Å². The number of unbranched alkanes of at least 4 members (excludes halogenated alkanes) is 1. The van der Waals surface area contributed by atoms with E-state index in [1.807, 2.05) is 13.8 Å². The number of terminal acetylenes is 1. The van der Waals surface area contributed by atoms with Gasteiger partial charge < -0.3 is 10.6 Å². The fourth-order valence-electron chi connectivity index (χ4n) is 1.71. The van der Waals surface area contributed by atoms with Crippen LogP contribution in [-0.4, -0.2) is 18.5 Å². The summed E-state index contributed by atoms with van der Waals surface area (Å²) >= 11 is 3.23. The van der Waals surface area contributed by atoms with E-state index in [1.165, 1.54) is 6.07 Å². The van der Waals surface area contributed by atoms with Crippen molar-refractivity contribution in [3.8, 4) is 12.3 Å². The normalized spacial score (nSPS) is 10.2. The Hall–Kier alpha value is -1.54. The van der Waals surface area contributed by atoms with Gasteiger partial charge in [-0.15, -0.1) is 12.3 Å². The van der Waals surface area contributed by atoms with Crippen molar-refractivity contribution in [2.45, 2.75) is 32.7 Å². The molecule has 0 atom stereocenters. The Labute approximate surface area is 127 Å². The van der Waals surface area contributed by atoms with Gasteiger partial charge in [0.15, 0.2) is 0 Å². The van der Waals surface area contributed by atoms with Crippen molar-refractivity contribution < 1.29 is 9.18 Å². The summed E-state index contributed by atoms with van der Waals surface area (Å²) in [5, 5.41) is 5.75. The summed E-state index contributed by atoms with van der Waals surface area (Å²) in [4.78, 5) is 12.1. The molecule has 0 saturated carbocycles. The third kappa shape index (κ3) is 4.86. The molecule has 1 aromatic carbocycles. The van der Waals surface area contributed by atoms with Gasteiger partial charge in [-0.25, -0.2) is 4.39 Å². The van der Waals surface area contributed by atoms with Gasteiger partial charge in [-0.05, 0) is 32.4 Å². The number of carbonyl (C=O) groups is 1. The highest BCUT2D eigenvalue weighted by Crippen LogP contribution is 2.25. The van der Waals surface area contributed by atoms with Crippen molar-refractivity contribution >= 4 is 27.5 Å². The predicted molar refractivity (Wildman–Crippen MR) is 83.3 cm³/mol. The van der Waals surface area contributed by atoms with Crippen LogP contribution in [0.4, 0.5) is 10.1 Å². The molecule has 0 aliphatic heterocycles. The quantitative estimate of drug-likeness (QED) is 0.614. The molecule has 0 unspecified atom stereocenters. The van der Waals surface area contributed by atoms with Crippen LogP contribution < -0.4 is 10.6 Å². The van der Waals surface area contributed by atoms with Crippen molar-refractivity contribution in [3.63, 3.8) is 0 Å². The van der Waals surface area contributed by atoms with E-state index in [0.717, 1.165) is 0 Å². The summed E-state index contributed by atoms with van der Waals surface area (Å²) in [7, 11) is 0. The van der Waals surface area contributed by atoms with Crippen LogP contribution >= 0.6 is 15.9 Å². The number of benzene rings is 1. The van der Waals surface area contributed by atoms with Crippen LogP contribution in [-0.2, 0) is 0 Å². The molecule has 0 spiro atoms. The third-order valence-electron chi connectivity index (χ3n) is 2.51. The maximum atomic E-state index is 14.0. The molecule has 0 aliphatic carbocycles. The monoisotopic (exact) mass is 340 g/mol. The summed E-state index contributed by atoms with van der Waals surface area (Å²) in [6, 6.07) is 3.07. The molecule has 1 aromatic rings. The Morgan fingerprint density at radius 3 is 2.80 bits per heavy atom. The largest absolute Gasteiger partial charge is 0.382 e. The lowest BCUT2D eigenvalue weighted by molar-refractivity contribution is 0.0950. The fraction of sp³-hybridized carbons (Fsp3) is 0.400. The van der Waals surface area contributed by atoms with Gasteiger partial charge in [0.2, 0.25) is 0 Å². The first-order valence-corrected chi connectivity index (χ1v) is 7.22. The first-order chi connectivity index (χ1) is 9.45. The molecule has 108 valence electrons. The molecule has 0 heterocycles. The zero-order valence-electron chi connectivity index (χ0n) is 11.6. The van der Waals surface area contributed by atoms with Crippen LogP contribution in [0.2, 0.25) is 0 Å². The van der Waals surface area contributed by atoms with Crippen LogP contribution in [0.3, 0.4) is 0 Å². The number of carbonyl (C=O) groups excluding carboxylic acids is 1. The Bertz CT molecular complexity index is 523. The highest BCUT2D eigenvalue weighted by Gasteiger charge is 2.18. The van der Waals surface area contributed by atoms with Gasteiger partial charge in [-0.3, -0.25) is 4.79 Å². The predicted octanol–water partition coefficient (Wildman–Crippen LogP) is 3.55. The minimum Gasteiger partial charge on any atom is -0.382 e. The molecular weight excluding hydrogens is 323 g/mol. The summed E-state index contributed by atoms with van der Waals surface area (Å²) < 4.78 is 14.6. The van der Waals surface area contributed by atoms with Gasteiger partial charge in [0.1, 0.15) is 5.82 Å². The topological polar surface area (TPSA) is 41.1 Å². The second kappa shape index (κ2) is 7.91. The first-order valence-electron chi connectivity index (χ1n) is 6.43. The zero-order chi connectivity index (χ0) is 15.1. The summed E-state index contributed by atoms with van der Waals surface area (Å²) in [6.07, 6.45) is 6.40. The second-order valence-corrected chi connectivity index (χ2v) is 5.59. The van der Waals surface area contributed by atoms with E-state index in [-0.39, 0.29) is 11.6 Å². The van der Waals surface area contributed by atoms with E-state index >= 15 is 0 Å². The molecule has 0 saturated heterocycles. The Balaban J connectivity index is 2.91. The Morgan fingerprint density at radius 2 is 2.20 bits per heavy atom.